The van der Waals surface area contributed by atoms with E-state index in [0.29, 0.717) is 16.8 Å². The molecule has 3 rings (SSSR count). The Kier molecular flexibility index (Phi) is 4.08. The third-order valence-corrected chi connectivity index (χ3v) is 3.67. The van der Waals surface area contributed by atoms with Gasteiger partial charge in [0.15, 0.2) is 0 Å². The normalized spacial score (nSPS) is 15.0. The van der Waals surface area contributed by atoms with Gasteiger partial charge in [-0.05, 0) is 35.9 Å². The van der Waals surface area contributed by atoms with Crippen molar-refractivity contribution in [3.05, 3.63) is 59.2 Å². The molecule has 25 heavy (non-hydrogen) atoms. The Labute approximate surface area is 141 Å². The Morgan fingerprint density at radius 1 is 1.12 bits per heavy atom. The van der Waals surface area contributed by atoms with Crippen LogP contribution in [0.2, 0.25) is 0 Å². The molecule has 128 valence electrons. The summed E-state index contributed by atoms with van der Waals surface area (Å²) in [6.07, 6.45) is -2.88. The summed E-state index contributed by atoms with van der Waals surface area (Å²) >= 11 is 0. The molecular weight excluding hydrogens is 333 g/mol. The molecule has 0 atom stereocenters. The van der Waals surface area contributed by atoms with Crippen LogP contribution in [-0.4, -0.2) is 11.8 Å². The van der Waals surface area contributed by atoms with Crippen LogP contribution < -0.4 is 10.6 Å². The smallest absolute Gasteiger partial charge is 0.326 e. The first-order valence-corrected chi connectivity index (χ1v) is 7.36. The first-order valence-electron chi connectivity index (χ1n) is 7.36. The lowest BCUT2D eigenvalue weighted by atomic mass is 10.0. The van der Waals surface area contributed by atoms with E-state index in [2.05, 4.69) is 10.6 Å². The molecule has 4 nitrogen and oxygen atoms in total. The Hall–Kier alpha value is -3.09. The van der Waals surface area contributed by atoms with E-state index in [1.807, 2.05) is 0 Å². The molecule has 7 heteroatoms. The van der Waals surface area contributed by atoms with Gasteiger partial charge in [0.05, 0.1) is 5.56 Å². The fourth-order valence-electron chi connectivity index (χ4n) is 2.55. The van der Waals surface area contributed by atoms with Crippen molar-refractivity contribution in [1.29, 1.82) is 0 Å². The Morgan fingerprint density at radius 2 is 1.80 bits per heavy atom. The highest BCUT2D eigenvalue weighted by Gasteiger charge is 2.33. The number of hydrogen-bond donors (Lipinski definition) is 2. The van der Waals surface area contributed by atoms with Gasteiger partial charge in [0.25, 0.3) is 5.91 Å². The molecular formula is C18H13F3N2O2. The van der Waals surface area contributed by atoms with Crippen molar-refractivity contribution in [2.45, 2.75) is 13.1 Å². The van der Waals surface area contributed by atoms with Gasteiger partial charge >= 0.3 is 6.18 Å². The third kappa shape index (κ3) is 3.55. The van der Waals surface area contributed by atoms with Gasteiger partial charge in [0, 0.05) is 29.4 Å². The highest BCUT2D eigenvalue weighted by molar-refractivity contribution is 6.34. The van der Waals surface area contributed by atoms with Crippen LogP contribution in [-0.2, 0) is 15.8 Å². The van der Waals surface area contributed by atoms with Crippen LogP contribution in [0.1, 0.15) is 23.6 Å². The lowest BCUT2D eigenvalue weighted by Crippen LogP contribution is -2.06. The van der Waals surface area contributed by atoms with Crippen molar-refractivity contribution in [3.8, 4) is 0 Å². The van der Waals surface area contributed by atoms with Gasteiger partial charge in [-0.25, -0.2) is 0 Å². The van der Waals surface area contributed by atoms with Gasteiger partial charge in [-0.2, -0.15) is 13.2 Å². The van der Waals surface area contributed by atoms with Gasteiger partial charge in [-0.1, -0.05) is 18.2 Å². The minimum absolute atomic E-state index is 0.140. The summed E-state index contributed by atoms with van der Waals surface area (Å²) < 4.78 is 38.3. The number of nitrogens with one attached hydrogen (secondary N) is 2. The quantitative estimate of drug-likeness (QED) is 0.803. The van der Waals surface area contributed by atoms with Crippen molar-refractivity contribution in [3.63, 3.8) is 0 Å². The highest BCUT2D eigenvalue weighted by atomic mass is 19.4. The summed E-state index contributed by atoms with van der Waals surface area (Å²) in [5.74, 6) is -0.657. The third-order valence-electron chi connectivity index (χ3n) is 3.67. The van der Waals surface area contributed by atoms with Crippen LogP contribution in [0.5, 0.6) is 0 Å². The number of amides is 2. The van der Waals surface area contributed by atoms with Crippen LogP contribution in [0.25, 0.3) is 11.6 Å². The van der Waals surface area contributed by atoms with Crippen LogP contribution in [0.3, 0.4) is 0 Å². The fourth-order valence-corrected chi connectivity index (χ4v) is 2.55. The van der Waals surface area contributed by atoms with Gasteiger partial charge in [-0.3, -0.25) is 9.59 Å². The number of anilines is 2. The molecule has 1 aliphatic heterocycles. The minimum Gasteiger partial charge on any atom is -0.326 e. The molecule has 0 unspecified atom stereocenters. The zero-order chi connectivity index (χ0) is 18.2. The number of hydrogen-bond acceptors (Lipinski definition) is 2. The molecule has 0 aliphatic carbocycles. The SMILES string of the molecule is CC(=O)Nc1ccc(/C=C2/C(=O)Nc3cc(C(F)(F)F)ccc32)cc1. The molecule has 0 radical (unpaired) electrons. The van der Waals surface area contributed by atoms with Gasteiger partial charge in [-0.15, -0.1) is 0 Å². The lowest BCUT2D eigenvalue weighted by Gasteiger charge is -2.08. The van der Waals surface area contributed by atoms with E-state index in [-0.39, 0.29) is 17.2 Å². The van der Waals surface area contributed by atoms with E-state index in [1.54, 1.807) is 30.3 Å². The zero-order valence-corrected chi connectivity index (χ0v) is 13.1. The molecule has 0 fully saturated rings. The predicted octanol–water partition coefficient (Wildman–Crippen LogP) is 4.16. The van der Waals surface area contributed by atoms with Gasteiger partial charge in [0.1, 0.15) is 0 Å². The van der Waals surface area contributed by atoms with Gasteiger partial charge < -0.3 is 10.6 Å². The monoisotopic (exact) mass is 346 g/mol. The number of halogens is 3. The van der Waals surface area contributed by atoms with E-state index in [1.165, 1.54) is 13.0 Å². The molecule has 0 bridgehead atoms. The Balaban J connectivity index is 1.93. The summed E-state index contributed by atoms with van der Waals surface area (Å²) in [5.41, 5.74) is 1.33. The van der Waals surface area contributed by atoms with Crippen molar-refractivity contribution in [2.24, 2.45) is 0 Å². The van der Waals surface area contributed by atoms with Crippen LogP contribution in [0, 0.1) is 0 Å². The molecule has 1 heterocycles. The first kappa shape index (κ1) is 16.8. The van der Waals surface area contributed by atoms with Crippen LogP contribution in [0.15, 0.2) is 42.5 Å². The number of carbonyl (C=O) groups excluding carboxylic acids is 2. The number of alkyl halides is 3. The number of carbonyl (C=O) groups is 2. The largest absolute Gasteiger partial charge is 0.416 e. The van der Waals surface area contributed by atoms with Crippen molar-refractivity contribution in [1.82, 2.24) is 0 Å². The van der Waals surface area contributed by atoms with E-state index in [0.717, 1.165) is 12.1 Å². The van der Waals surface area contributed by atoms with Crippen LogP contribution in [0.4, 0.5) is 24.5 Å². The molecule has 2 aromatic carbocycles. The standard InChI is InChI=1S/C18H13F3N2O2/c1-10(24)22-13-5-2-11(3-6-13)8-15-14-7-4-12(18(19,20)21)9-16(14)23-17(15)25/h2-9H,1H3,(H,22,24)(H,23,25)/b15-8+. The number of rotatable bonds is 2. The summed E-state index contributed by atoms with van der Waals surface area (Å²) in [4.78, 5) is 23.1. The van der Waals surface area contributed by atoms with Crippen molar-refractivity contribution < 1.29 is 22.8 Å². The molecule has 0 spiro atoms. The summed E-state index contributed by atoms with van der Waals surface area (Å²) in [5, 5.41) is 5.08. The average molecular weight is 346 g/mol. The topological polar surface area (TPSA) is 58.2 Å². The van der Waals surface area contributed by atoms with E-state index in [9.17, 15) is 22.8 Å². The van der Waals surface area contributed by atoms with E-state index >= 15 is 0 Å². The number of benzene rings is 2. The maximum atomic E-state index is 12.8. The first-order chi connectivity index (χ1) is 11.7. The molecule has 0 saturated heterocycles. The molecule has 2 aromatic rings. The predicted molar refractivity (Wildman–Crippen MR) is 88.7 cm³/mol. The second-order valence-corrected chi connectivity index (χ2v) is 5.57. The molecule has 2 amide bonds. The van der Waals surface area contributed by atoms with Crippen LogP contribution >= 0.6 is 0 Å². The fraction of sp³-hybridized carbons (Fsp3) is 0.111. The average Bonchev–Trinajstić information content (AvgIpc) is 2.83. The number of fused-ring (bicyclic) bond motifs is 1. The minimum atomic E-state index is -4.47. The maximum absolute atomic E-state index is 12.8. The van der Waals surface area contributed by atoms with E-state index in [4.69, 9.17) is 0 Å². The summed E-state index contributed by atoms with van der Waals surface area (Å²) in [7, 11) is 0. The second kappa shape index (κ2) is 6.08. The molecule has 0 saturated carbocycles. The zero-order valence-electron chi connectivity index (χ0n) is 13.1. The molecule has 1 aliphatic rings. The maximum Gasteiger partial charge on any atom is 0.416 e. The molecule has 2 N–H and O–H groups in total. The van der Waals surface area contributed by atoms with Crippen molar-refractivity contribution in [2.75, 3.05) is 10.6 Å². The van der Waals surface area contributed by atoms with E-state index < -0.39 is 17.6 Å². The van der Waals surface area contributed by atoms with Crippen molar-refractivity contribution >= 4 is 34.8 Å². The summed E-state index contributed by atoms with van der Waals surface area (Å²) in [6.45, 7) is 1.39. The highest BCUT2D eigenvalue weighted by Crippen LogP contribution is 2.38. The Morgan fingerprint density at radius 3 is 2.40 bits per heavy atom. The second-order valence-electron chi connectivity index (χ2n) is 5.57. The summed E-state index contributed by atoms with van der Waals surface area (Å²) in [6, 6.07) is 9.91. The molecule has 0 aromatic heterocycles. The lowest BCUT2D eigenvalue weighted by molar-refractivity contribution is -0.137. The Bertz CT molecular complexity index is 884. The van der Waals surface area contributed by atoms with Gasteiger partial charge in [0.2, 0.25) is 5.91 Å².